The molecule has 0 amide bonds. The van der Waals surface area contributed by atoms with Crippen molar-refractivity contribution in [2.24, 2.45) is 0 Å². The summed E-state index contributed by atoms with van der Waals surface area (Å²) in [6, 6.07) is 0. The third-order valence-corrected chi connectivity index (χ3v) is 4.18. The predicted molar refractivity (Wildman–Crippen MR) is 83.6 cm³/mol. The monoisotopic (exact) mass is 302 g/mol. The molecule has 0 aromatic carbocycles. The molecule has 0 spiro atoms. The molecule has 1 fully saturated rings. The summed E-state index contributed by atoms with van der Waals surface area (Å²) in [5.74, 6) is 3.09. The highest BCUT2D eigenvalue weighted by Gasteiger charge is 2.25. The van der Waals surface area contributed by atoms with Crippen LogP contribution in [0.2, 0.25) is 0 Å². The van der Waals surface area contributed by atoms with E-state index in [1.54, 1.807) is 0 Å². The Labute approximate surface area is 129 Å². The molecule has 7 heteroatoms. The van der Waals surface area contributed by atoms with E-state index >= 15 is 0 Å². The van der Waals surface area contributed by atoms with Crippen molar-refractivity contribution in [3.63, 3.8) is 0 Å². The molecular formula is C15H22N6O. The molecule has 118 valence electrons. The lowest BCUT2D eigenvalue weighted by atomic mass is 9.85. The zero-order valence-corrected chi connectivity index (χ0v) is 13.1. The van der Waals surface area contributed by atoms with E-state index in [0.717, 1.165) is 35.2 Å². The van der Waals surface area contributed by atoms with Gasteiger partial charge in [0.1, 0.15) is 5.82 Å². The highest BCUT2D eigenvalue weighted by atomic mass is 16.5. The van der Waals surface area contributed by atoms with Crippen molar-refractivity contribution in [2.75, 3.05) is 17.6 Å². The number of nitrogens with zero attached hydrogens (tertiary/aromatic N) is 4. The third-order valence-electron chi connectivity index (χ3n) is 4.18. The van der Waals surface area contributed by atoms with Crippen molar-refractivity contribution < 1.29 is 4.52 Å². The maximum Gasteiger partial charge on any atom is 0.229 e. The van der Waals surface area contributed by atoms with Crippen LogP contribution in [0, 0.1) is 6.92 Å². The number of hydrogen-bond donors (Lipinski definition) is 2. The zero-order chi connectivity index (χ0) is 15.5. The Bertz CT molecular complexity index is 649. The smallest absolute Gasteiger partial charge is 0.229 e. The second-order valence-corrected chi connectivity index (χ2v) is 5.71. The van der Waals surface area contributed by atoms with E-state index in [1.165, 1.54) is 19.3 Å². The largest absolute Gasteiger partial charge is 0.369 e. The molecule has 2 aromatic rings. The minimum Gasteiger partial charge on any atom is -0.369 e. The van der Waals surface area contributed by atoms with Crippen LogP contribution in [0.3, 0.4) is 0 Å². The predicted octanol–water partition coefficient (Wildman–Crippen LogP) is 2.23. The van der Waals surface area contributed by atoms with Crippen molar-refractivity contribution in [1.82, 2.24) is 20.1 Å². The molecule has 0 radical (unpaired) electrons. The summed E-state index contributed by atoms with van der Waals surface area (Å²) in [5, 5.41) is 7.33. The first-order valence-electron chi connectivity index (χ1n) is 7.86. The van der Waals surface area contributed by atoms with Crippen molar-refractivity contribution in [2.45, 2.75) is 51.9 Å². The van der Waals surface area contributed by atoms with E-state index in [4.69, 9.17) is 10.3 Å². The molecule has 0 unspecified atom stereocenters. The lowest BCUT2D eigenvalue weighted by Crippen LogP contribution is -2.12. The Morgan fingerprint density at radius 3 is 2.77 bits per heavy atom. The normalized spacial score (nSPS) is 14.8. The van der Waals surface area contributed by atoms with Crippen LogP contribution in [0.4, 0.5) is 11.8 Å². The zero-order valence-electron chi connectivity index (χ0n) is 13.1. The molecule has 0 saturated heterocycles. The van der Waals surface area contributed by atoms with Crippen molar-refractivity contribution in [3.8, 4) is 0 Å². The topological polar surface area (TPSA) is 103 Å². The molecule has 2 heterocycles. The van der Waals surface area contributed by atoms with Crippen LogP contribution in [0.1, 0.15) is 55.1 Å². The van der Waals surface area contributed by atoms with Crippen LogP contribution < -0.4 is 11.1 Å². The number of aromatic nitrogens is 4. The maximum atomic E-state index is 5.74. The SMILES string of the molecule is CCc1nc(N)nc(NCCc2noc(C3CCC3)n2)c1C. The number of anilines is 2. The first-order valence-corrected chi connectivity index (χ1v) is 7.86. The van der Waals surface area contributed by atoms with E-state index in [-0.39, 0.29) is 0 Å². The van der Waals surface area contributed by atoms with Crippen LogP contribution >= 0.6 is 0 Å². The Hall–Kier alpha value is -2.18. The van der Waals surface area contributed by atoms with Crippen LogP contribution in [0.5, 0.6) is 0 Å². The van der Waals surface area contributed by atoms with Crippen LogP contribution in [0.25, 0.3) is 0 Å². The molecule has 1 aliphatic rings. The van der Waals surface area contributed by atoms with Crippen molar-refractivity contribution >= 4 is 11.8 Å². The molecule has 0 bridgehead atoms. The second-order valence-electron chi connectivity index (χ2n) is 5.71. The van der Waals surface area contributed by atoms with Gasteiger partial charge in [-0.2, -0.15) is 9.97 Å². The summed E-state index contributed by atoms with van der Waals surface area (Å²) in [6.45, 7) is 4.74. The van der Waals surface area contributed by atoms with Crippen LogP contribution in [0.15, 0.2) is 4.52 Å². The summed E-state index contributed by atoms with van der Waals surface area (Å²) >= 11 is 0. The molecule has 1 saturated carbocycles. The summed E-state index contributed by atoms with van der Waals surface area (Å²) < 4.78 is 5.32. The molecule has 1 aliphatic carbocycles. The fourth-order valence-electron chi connectivity index (χ4n) is 2.58. The lowest BCUT2D eigenvalue weighted by Gasteiger charge is -2.20. The first-order chi connectivity index (χ1) is 10.7. The van der Waals surface area contributed by atoms with Gasteiger partial charge in [-0.15, -0.1) is 0 Å². The highest BCUT2D eigenvalue weighted by Crippen LogP contribution is 2.35. The molecular weight excluding hydrogens is 280 g/mol. The Morgan fingerprint density at radius 2 is 2.09 bits per heavy atom. The first kappa shape index (κ1) is 14.7. The van der Waals surface area contributed by atoms with Gasteiger partial charge >= 0.3 is 0 Å². The van der Waals surface area contributed by atoms with Crippen LogP contribution in [-0.4, -0.2) is 26.7 Å². The Kier molecular flexibility index (Phi) is 4.22. The second kappa shape index (κ2) is 6.29. The van der Waals surface area contributed by atoms with Gasteiger partial charge in [-0.1, -0.05) is 18.5 Å². The van der Waals surface area contributed by atoms with Crippen molar-refractivity contribution in [1.29, 1.82) is 0 Å². The highest BCUT2D eigenvalue weighted by molar-refractivity contribution is 5.48. The van der Waals surface area contributed by atoms with Gasteiger partial charge in [0, 0.05) is 24.4 Å². The summed E-state index contributed by atoms with van der Waals surface area (Å²) in [4.78, 5) is 13.0. The van der Waals surface area contributed by atoms with E-state index in [1.807, 2.05) is 6.92 Å². The van der Waals surface area contributed by atoms with Gasteiger partial charge in [0.15, 0.2) is 5.82 Å². The molecule has 0 aliphatic heterocycles. The summed E-state index contributed by atoms with van der Waals surface area (Å²) in [7, 11) is 0. The van der Waals surface area contributed by atoms with Gasteiger partial charge in [-0.25, -0.2) is 4.98 Å². The number of aryl methyl sites for hydroxylation is 1. The van der Waals surface area contributed by atoms with Gasteiger partial charge in [0.25, 0.3) is 0 Å². The minimum atomic E-state index is 0.303. The van der Waals surface area contributed by atoms with E-state index in [0.29, 0.717) is 24.8 Å². The van der Waals surface area contributed by atoms with E-state index in [9.17, 15) is 0 Å². The van der Waals surface area contributed by atoms with E-state index in [2.05, 4.69) is 32.3 Å². The standard InChI is InChI=1S/C15H22N6O/c1-3-11-9(2)13(20-15(16)18-11)17-8-7-12-19-14(22-21-12)10-5-4-6-10/h10H,3-8H2,1-2H3,(H3,16,17,18,20). The van der Waals surface area contributed by atoms with Crippen LogP contribution in [-0.2, 0) is 12.8 Å². The summed E-state index contributed by atoms with van der Waals surface area (Å²) in [6.07, 6.45) is 5.13. The number of nitrogens with two attached hydrogens (primary N) is 1. The van der Waals surface area contributed by atoms with E-state index < -0.39 is 0 Å². The van der Waals surface area contributed by atoms with Gasteiger partial charge in [-0.3, -0.25) is 0 Å². The fraction of sp³-hybridized carbons (Fsp3) is 0.600. The third kappa shape index (κ3) is 3.03. The lowest BCUT2D eigenvalue weighted by molar-refractivity contribution is 0.291. The molecule has 3 rings (SSSR count). The molecule has 3 N–H and O–H groups in total. The van der Waals surface area contributed by atoms with Gasteiger partial charge in [0.2, 0.25) is 11.8 Å². The number of nitrogen functional groups attached to an aromatic ring is 1. The molecule has 2 aromatic heterocycles. The number of hydrogen-bond acceptors (Lipinski definition) is 7. The molecule has 22 heavy (non-hydrogen) atoms. The molecule has 0 atom stereocenters. The molecule has 7 nitrogen and oxygen atoms in total. The fourth-order valence-corrected chi connectivity index (χ4v) is 2.58. The quantitative estimate of drug-likeness (QED) is 0.843. The van der Waals surface area contributed by atoms with Gasteiger partial charge < -0.3 is 15.6 Å². The Balaban J connectivity index is 1.58. The van der Waals surface area contributed by atoms with Crippen molar-refractivity contribution in [3.05, 3.63) is 23.0 Å². The number of nitrogens with one attached hydrogen (secondary N) is 1. The Morgan fingerprint density at radius 1 is 1.27 bits per heavy atom. The minimum absolute atomic E-state index is 0.303. The van der Waals surface area contributed by atoms with Gasteiger partial charge in [0.05, 0.1) is 5.69 Å². The number of rotatable bonds is 6. The maximum absolute atomic E-state index is 5.74. The average molecular weight is 302 g/mol. The van der Waals surface area contributed by atoms with Gasteiger partial charge in [-0.05, 0) is 26.2 Å². The average Bonchev–Trinajstić information content (AvgIpc) is 2.88. The summed E-state index contributed by atoms with van der Waals surface area (Å²) in [5.41, 5.74) is 7.76.